The molecule has 1 saturated carbocycles. The van der Waals surface area contributed by atoms with Gasteiger partial charge >= 0.3 is 12.1 Å². The summed E-state index contributed by atoms with van der Waals surface area (Å²) in [5.41, 5.74) is 0.523. The van der Waals surface area contributed by atoms with Crippen molar-refractivity contribution in [2.75, 3.05) is 26.2 Å². The van der Waals surface area contributed by atoms with Crippen LogP contribution in [0.4, 0.5) is 4.79 Å². The lowest BCUT2D eigenvalue weighted by molar-refractivity contribution is -0.151. The summed E-state index contributed by atoms with van der Waals surface area (Å²) in [6.45, 7) is 11.0. The van der Waals surface area contributed by atoms with E-state index in [2.05, 4.69) is 16.8 Å². The molecule has 258 valence electrons. The van der Waals surface area contributed by atoms with Crippen molar-refractivity contribution in [3.05, 3.63) is 66.0 Å². The first-order valence-electron chi connectivity index (χ1n) is 17.7. The van der Waals surface area contributed by atoms with Crippen LogP contribution in [0.3, 0.4) is 0 Å². The monoisotopic (exact) mass is 649 g/mol. The van der Waals surface area contributed by atoms with Gasteiger partial charge in [-0.05, 0) is 63.3 Å². The number of rotatable bonds is 6. The fourth-order valence-electron chi connectivity index (χ4n) is 7.64. The summed E-state index contributed by atoms with van der Waals surface area (Å²) in [6, 6.07) is 6.52. The van der Waals surface area contributed by atoms with Crippen LogP contribution in [-0.2, 0) is 14.3 Å². The molecule has 0 aromatic carbocycles. The molecule has 0 bridgehead atoms. The summed E-state index contributed by atoms with van der Waals surface area (Å²) < 4.78 is 11.9. The van der Waals surface area contributed by atoms with E-state index in [1.165, 1.54) is 38.5 Å². The molecule has 9 nitrogen and oxygen atoms in total. The van der Waals surface area contributed by atoms with Crippen LogP contribution >= 0.6 is 0 Å². The third-order valence-corrected chi connectivity index (χ3v) is 10.6. The number of ether oxygens (including phenoxy) is 2. The zero-order valence-electron chi connectivity index (χ0n) is 28.7. The summed E-state index contributed by atoms with van der Waals surface area (Å²) in [6.07, 6.45) is 16.3. The second-order valence-corrected chi connectivity index (χ2v) is 15.0. The van der Waals surface area contributed by atoms with Crippen molar-refractivity contribution in [2.45, 2.75) is 121 Å². The van der Waals surface area contributed by atoms with Crippen molar-refractivity contribution in [3.8, 4) is 0 Å². The van der Waals surface area contributed by atoms with Crippen molar-refractivity contribution in [1.29, 1.82) is 0 Å². The Bertz CT molecular complexity index is 1290. The van der Waals surface area contributed by atoms with Crippen LogP contribution in [0, 0.1) is 11.3 Å². The Hall–Kier alpha value is -3.01. The van der Waals surface area contributed by atoms with Crippen molar-refractivity contribution in [2.24, 2.45) is 11.3 Å². The highest BCUT2D eigenvalue weighted by atomic mass is 16.6. The fourth-order valence-corrected chi connectivity index (χ4v) is 7.64. The molecule has 1 aliphatic carbocycles. The first kappa shape index (κ1) is 35.3. The van der Waals surface area contributed by atoms with Gasteiger partial charge in [0.2, 0.25) is 0 Å². The Balaban J connectivity index is 1.23. The van der Waals surface area contributed by atoms with E-state index in [0.717, 1.165) is 24.4 Å². The van der Waals surface area contributed by atoms with Gasteiger partial charge in [-0.2, -0.15) is 0 Å². The molecule has 3 aliphatic heterocycles. The van der Waals surface area contributed by atoms with Gasteiger partial charge < -0.3 is 24.6 Å². The van der Waals surface area contributed by atoms with E-state index >= 15 is 0 Å². The highest BCUT2D eigenvalue weighted by molar-refractivity contribution is 5.71. The number of carbonyl (C=O) groups excluding carboxylic acids is 2. The molecule has 3 fully saturated rings. The zero-order chi connectivity index (χ0) is 33.6. The number of amides is 1. The number of cyclic esters (lactones) is 1. The normalized spacial score (nSPS) is 32.7. The smallest absolute Gasteiger partial charge is 0.410 e. The summed E-state index contributed by atoms with van der Waals surface area (Å²) >= 11 is 0. The molecule has 1 aromatic heterocycles. The molecule has 1 aromatic rings. The number of carbonyl (C=O) groups is 2. The molecule has 1 amide bonds. The van der Waals surface area contributed by atoms with Crippen LogP contribution in [0.1, 0.15) is 97.1 Å². The highest BCUT2D eigenvalue weighted by Crippen LogP contribution is 2.43. The van der Waals surface area contributed by atoms with Gasteiger partial charge in [0.1, 0.15) is 11.7 Å². The number of likely N-dealkylation sites (tertiary alicyclic amines) is 2. The summed E-state index contributed by atoms with van der Waals surface area (Å²) in [5, 5.41) is 22.1. The highest BCUT2D eigenvalue weighted by Gasteiger charge is 2.55. The molecule has 9 heteroatoms. The van der Waals surface area contributed by atoms with E-state index in [4.69, 9.17) is 9.47 Å². The van der Waals surface area contributed by atoms with Crippen LogP contribution < -0.4 is 0 Å². The van der Waals surface area contributed by atoms with Crippen LogP contribution in [-0.4, -0.2) is 93.2 Å². The molecule has 6 atom stereocenters. The lowest BCUT2D eigenvalue weighted by Gasteiger charge is -2.61. The Morgan fingerprint density at radius 3 is 2.51 bits per heavy atom. The molecule has 0 radical (unpaired) electrons. The molecule has 1 spiro atoms. The van der Waals surface area contributed by atoms with Gasteiger partial charge in [0.25, 0.3) is 0 Å². The molecule has 4 heterocycles. The Labute approximate surface area is 280 Å². The molecule has 0 unspecified atom stereocenters. The number of nitrogens with zero attached hydrogens (tertiary/aromatic N) is 3. The number of aliphatic hydroxyl groups is 2. The Morgan fingerprint density at radius 2 is 1.83 bits per heavy atom. The maximum absolute atomic E-state index is 13.4. The molecule has 4 aliphatic rings. The standard InChI is InChI=1S/C38H55N3O6/c1-27(32-16-9-10-21-39-32)12-11-13-28(2)35-29(3)17-18-33(37(4,45)20-19-31(42)22-34(43)47-35)46-36(44)41-25-38(26-41)23-40(24-38)30-14-7-5-6-8-15-30/h9-13,16-18,21,27,29-31,33,35,42,45H,5-8,14-15,19-20,22-26H2,1-4H3/b12-11+,18-17-,28-13+/t27-,29-,31-,33-,35+,37-/m0/s1. The summed E-state index contributed by atoms with van der Waals surface area (Å²) in [5.74, 6) is -0.678. The first-order chi connectivity index (χ1) is 22.4. The van der Waals surface area contributed by atoms with Crippen molar-refractivity contribution in [3.63, 3.8) is 0 Å². The largest absolute Gasteiger partial charge is 0.457 e. The quantitative estimate of drug-likeness (QED) is 0.169. The van der Waals surface area contributed by atoms with Crippen LogP contribution in [0.15, 0.2) is 60.3 Å². The van der Waals surface area contributed by atoms with Gasteiger partial charge in [0.05, 0.1) is 12.5 Å². The average Bonchev–Trinajstić information content (AvgIpc) is 3.28. The van der Waals surface area contributed by atoms with E-state index in [1.807, 2.05) is 56.4 Å². The third kappa shape index (κ3) is 9.12. The number of esters is 1. The lowest BCUT2D eigenvalue weighted by atomic mass is 9.72. The maximum Gasteiger partial charge on any atom is 0.410 e. The number of aliphatic hydroxyl groups excluding tert-OH is 1. The van der Waals surface area contributed by atoms with E-state index in [1.54, 1.807) is 24.1 Å². The third-order valence-electron chi connectivity index (χ3n) is 10.6. The molecule has 2 N–H and O–H groups in total. The van der Waals surface area contributed by atoms with Gasteiger partial charge in [-0.25, -0.2) is 4.79 Å². The summed E-state index contributed by atoms with van der Waals surface area (Å²) in [4.78, 5) is 35.0. The van der Waals surface area contributed by atoms with Crippen LogP contribution in [0.25, 0.3) is 0 Å². The van der Waals surface area contributed by atoms with E-state index in [0.29, 0.717) is 19.1 Å². The van der Waals surface area contributed by atoms with E-state index in [9.17, 15) is 19.8 Å². The van der Waals surface area contributed by atoms with Crippen LogP contribution in [0.2, 0.25) is 0 Å². The summed E-state index contributed by atoms with van der Waals surface area (Å²) in [7, 11) is 0. The second kappa shape index (κ2) is 15.5. The number of hydrogen-bond donors (Lipinski definition) is 2. The van der Waals surface area contributed by atoms with Crippen molar-refractivity contribution >= 4 is 12.1 Å². The molecular weight excluding hydrogens is 594 g/mol. The molecule has 5 rings (SSSR count). The Morgan fingerprint density at radius 1 is 1.11 bits per heavy atom. The van der Waals surface area contributed by atoms with Gasteiger partial charge in [0.15, 0.2) is 6.10 Å². The number of hydrogen-bond acceptors (Lipinski definition) is 8. The van der Waals surface area contributed by atoms with E-state index < -0.39 is 36.0 Å². The average molecular weight is 650 g/mol. The second-order valence-electron chi connectivity index (χ2n) is 15.0. The minimum Gasteiger partial charge on any atom is -0.457 e. The number of pyridine rings is 1. The molecular formula is C38H55N3O6. The number of aromatic nitrogens is 1. The molecule has 2 saturated heterocycles. The minimum absolute atomic E-state index is 0.107. The van der Waals surface area contributed by atoms with Gasteiger partial charge in [-0.15, -0.1) is 0 Å². The van der Waals surface area contributed by atoms with Crippen LogP contribution in [0.5, 0.6) is 0 Å². The molecule has 47 heavy (non-hydrogen) atoms. The number of allylic oxidation sites excluding steroid dienone is 3. The minimum atomic E-state index is -1.43. The predicted molar refractivity (Wildman–Crippen MR) is 182 cm³/mol. The predicted octanol–water partition coefficient (Wildman–Crippen LogP) is 5.93. The fraction of sp³-hybridized carbons (Fsp3) is 0.658. The van der Waals surface area contributed by atoms with Crippen molar-refractivity contribution in [1.82, 2.24) is 14.8 Å². The topological polar surface area (TPSA) is 112 Å². The lowest BCUT2D eigenvalue weighted by Crippen LogP contribution is -2.74. The zero-order valence-corrected chi connectivity index (χ0v) is 28.7. The SMILES string of the molecule is C/C(=C\C=C\[C@H](C)c1ccccn1)[C@H]1OC(=O)C[C@@H](O)CC[C@](C)(O)[C@@H](OC(=O)N2CC3(C2)CN(C2CCCCCC2)C3)/C=C\[C@@H]1C. The van der Waals surface area contributed by atoms with Gasteiger partial charge in [-0.3, -0.25) is 14.7 Å². The van der Waals surface area contributed by atoms with Crippen molar-refractivity contribution < 1.29 is 29.3 Å². The first-order valence-corrected chi connectivity index (χ1v) is 17.7. The van der Waals surface area contributed by atoms with Gasteiger partial charge in [-0.1, -0.05) is 69.9 Å². The van der Waals surface area contributed by atoms with E-state index in [-0.39, 0.29) is 36.5 Å². The Kier molecular flexibility index (Phi) is 11.6. The maximum atomic E-state index is 13.4. The van der Waals surface area contributed by atoms with Gasteiger partial charge in [0, 0.05) is 61.4 Å².